The molecule has 0 aliphatic rings. The van der Waals surface area contributed by atoms with Gasteiger partial charge in [-0.1, -0.05) is 0 Å². The van der Waals surface area contributed by atoms with Crippen molar-refractivity contribution in [2.75, 3.05) is 5.73 Å². The summed E-state index contributed by atoms with van der Waals surface area (Å²) in [6, 6.07) is 5.92. The normalized spacial score (nSPS) is 12.2. The lowest BCUT2D eigenvalue weighted by Crippen LogP contribution is -2.17. The van der Waals surface area contributed by atoms with E-state index in [4.69, 9.17) is 5.73 Å². The van der Waals surface area contributed by atoms with E-state index in [-0.39, 0.29) is 0 Å². The van der Waals surface area contributed by atoms with Crippen LogP contribution in [0.3, 0.4) is 0 Å². The molecule has 2 nitrogen and oxygen atoms in total. The van der Waals surface area contributed by atoms with Gasteiger partial charge in [0, 0.05) is 16.0 Å². The molecule has 2 rings (SSSR count). The van der Waals surface area contributed by atoms with Crippen LogP contribution in [-0.4, -0.2) is 5.11 Å². The van der Waals surface area contributed by atoms with Gasteiger partial charge < -0.3 is 10.8 Å². The van der Waals surface area contributed by atoms with E-state index in [1.807, 2.05) is 23.6 Å². The molecule has 74 valence electrons. The Morgan fingerprint density at radius 1 is 1.36 bits per heavy atom. The largest absolute Gasteiger partial charge is 0.398 e. The SMILES string of the molecule is CC(C)(O)c1cc2sccc2cc1N. The van der Waals surface area contributed by atoms with Gasteiger partial charge in [-0.3, -0.25) is 0 Å². The average Bonchev–Trinajstić information content (AvgIpc) is 2.47. The Hall–Kier alpha value is -1.06. The quantitative estimate of drug-likeness (QED) is 0.706. The zero-order chi connectivity index (χ0) is 10.3. The summed E-state index contributed by atoms with van der Waals surface area (Å²) in [6.45, 7) is 3.50. The topological polar surface area (TPSA) is 46.2 Å². The van der Waals surface area contributed by atoms with Crippen LogP contribution in [0, 0.1) is 0 Å². The highest BCUT2D eigenvalue weighted by molar-refractivity contribution is 7.17. The molecular formula is C11H13NOS. The lowest BCUT2D eigenvalue weighted by atomic mass is 9.96. The molecule has 0 bridgehead atoms. The Bertz CT molecular complexity index is 468. The fraction of sp³-hybridized carbons (Fsp3) is 0.273. The van der Waals surface area contributed by atoms with Crippen LogP contribution < -0.4 is 5.73 Å². The lowest BCUT2D eigenvalue weighted by molar-refractivity contribution is 0.0795. The van der Waals surface area contributed by atoms with E-state index >= 15 is 0 Å². The molecule has 0 spiro atoms. The molecule has 0 aliphatic carbocycles. The summed E-state index contributed by atoms with van der Waals surface area (Å²) >= 11 is 1.66. The van der Waals surface area contributed by atoms with Gasteiger partial charge in [-0.2, -0.15) is 0 Å². The first-order chi connectivity index (χ1) is 6.48. The molecule has 3 N–H and O–H groups in total. The number of anilines is 1. The van der Waals surface area contributed by atoms with Crippen LogP contribution in [0.5, 0.6) is 0 Å². The van der Waals surface area contributed by atoms with Crippen molar-refractivity contribution in [3.63, 3.8) is 0 Å². The van der Waals surface area contributed by atoms with E-state index in [0.29, 0.717) is 5.69 Å². The van der Waals surface area contributed by atoms with E-state index in [0.717, 1.165) is 15.6 Å². The third-order valence-electron chi connectivity index (χ3n) is 2.28. The molecule has 0 radical (unpaired) electrons. The molecule has 0 amide bonds. The molecule has 2 aromatic rings. The average molecular weight is 207 g/mol. The fourth-order valence-electron chi connectivity index (χ4n) is 1.56. The summed E-state index contributed by atoms with van der Waals surface area (Å²) in [7, 11) is 0. The minimum Gasteiger partial charge on any atom is -0.398 e. The van der Waals surface area contributed by atoms with Gasteiger partial charge in [-0.15, -0.1) is 11.3 Å². The van der Waals surface area contributed by atoms with Crippen molar-refractivity contribution in [1.82, 2.24) is 0 Å². The third-order valence-corrected chi connectivity index (χ3v) is 3.16. The number of hydrogen-bond acceptors (Lipinski definition) is 3. The molecule has 0 saturated carbocycles. The zero-order valence-corrected chi connectivity index (χ0v) is 9.06. The van der Waals surface area contributed by atoms with Gasteiger partial charge in [-0.25, -0.2) is 0 Å². The van der Waals surface area contributed by atoms with Crippen LogP contribution in [0.4, 0.5) is 5.69 Å². The summed E-state index contributed by atoms with van der Waals surface area (Å²) < 4.78 is 1.16. The van der Waals surface area contributed by atoms with Gasteiger partial charge in [0.15, 0.2) is 0 Å². The number of hydrogen-bond donors (Lipinski definition) is 2. The standard InChI is InChI=1S/C11H13NOS/c1-11(2,13)8-6-10-7(3-4-14-10)5-9(8)12/h3-6,13H,12H2,1-2H3. The van der Waals surface area contributed by atoms with Crippen LogP contribution in [0.1, 0.15) is 19.4 Å². The smallest absolute Gasteiger partial charge is 0.0860 e. The first kappa shape index (κ1) is 9.49. The van der Waals surface area contributed by atoms with E-state index in [2.05, 4.69) is 0 Å². The Morgan fingerprint density at radius 2 is 2.07 bits per heavy atom. The second-order valence-corrected chi connectivity index (χ2v) is 4.90. The Kier molecular flexibility index (Phi) is 2.01. The van der Waals surface area contributed by atoms with Gasteiger partial charge in [-0.05, 0) is 42.8 Å². The Balaban J connectivity index is 2.71. The predicted octanol–water partition coefficient (Wildman–Crippen LogP) is 2.71. The van der Waals surface area contributed by atoms with Crippen LogP contribution >= 0.6 is 11.3 Å². The summed E-state index contributed by atoms with van der Waals surface area (Å²) in [5.74, 6) is 0. The molecule has 1 heterocycles. The molecule has 1 aromatic heterocycles. The minimum atomic E-state index is -0.873. The van der Waals surface area contributed by atoms with E-state index in [9.17, 15) is 5.11 Å². The van der Waals surface area contributed by atoms with Crippen LogP contribution in [-0.2, 0) is 5.60 Å². The highest BCUT2D eigenvalue weighted by Gasteiger charge is 2.19. The summed E-state index contributed by atoms with van der Waals surface area (Å²) in [5, 5.41) is 13.1. The maximum absolute atomic E-state index is 9.89. The molecule has 0 fully saturated rings. The third kappa shape index (κ3) is 1.49. The maximum Gasteiger partial charge on any atom is 0.0860 e. The van der Waals surface area contributed by atoms with Crippen LogP contribution in [0.15, 0.2) is 23.6 Å². The van der Waals surface area contributed by atoms with Gasteiger partial charge in [0.2, 0.25) is 0 Å². The Morgan fingerprint density at radius 3 is 2.71 bits per heavy atom. The number of fused-ring (bicyclic) bond motifs is 1. The highest BCUT2D eigenvalue weighted by atomic mass is 32.1. The van der Waals surface area contributed by atoms with Crippen molar-refractivity contribution in [1.29, 1.82) is 0 Å². The van der Waals surface area contributed by atoms with Crippen molar-refractivity contribution in [3.05, 3.63) is 29.1 Å². The molecule has 0 saturated heterocycles. The number of thiophene rings is 1. The molecule has 0 unspecified atom stereocenters. The second-order valence-electron chi connectivity index (χ2n) is 3.96. The molecule has 14 heavy (non-hydrogen) atoms. The Labute approximate surface area is 87.0 Å². The highest BCUT2D eigenvalue weighted by Crippen LogP contribution is 2.32. The van der Waals surface area contributed by atoms with Gasteiger partial charge in [0.25, 0.3) is 0 Å². The summed E-state index contributed by atoms with van der Waals surface area (Å²) in [5.41, 5.74) is 6.46. The maximum atomic E-state index is 9.89. The molecule has 3 heteroatoms. The zero-order valence-electron chi connectivity index (χ0n) is 8.24. The van der Waals surface area contributed by atoms with E-state index in [1.54, 1.807) is 25.2 Å². The van der Waals surface area contributed by atoms with E-state index in [1.165, 1.54) is 0 Å². The molecule has 0 atom stereocenters. The second kappa shape index (κ2) is 2.97. The summed E-state index contributed by atoms with van der Waals surface area (Å²) in [4.78, 5) is 0. The predicted molar refractivity (Wildman–Crippen MR) is 61.5 cm³/mol. The van der Waals surface area contributed by atoms with Gasteiger partial charge in [0.05, 0.1) is 5.60 Å². The molecule has 1 aromatic carbocycles. The molecular weight excluding hydrogens is 194 g/mol. The van der Waals surface area contributed by atoms with Crippen molar-refractivity contribution in [2.24, 2.45) is 0 Å². The number of rotatable bonds is 1. The van der Waals surface area contributed by atoms with Crippen LogP contribution in [0.2, 0.25) is 0 Å². The van der Waals surface area contributed by atoms with Crippen molar-refractivity contribution >= 4 is 27.1 Å². The first-order valence-electron chi connectivity index (χ1n) is 4.48. The van der Waals surface area contributed by atoms with Crippen LogP contribution in [0.25, 0.3) is 10.1 Å². The van der Waals surface area contributed by atoms with Gasteiger partial charge in [0.1, 0.15) is 0 Å². The number of benzene rings is 1. The number of nitrogen functional groups attached to an aromatic ring is 1. The summed E-state index contributed by atoms with van der Waals surface area (Å²) in [6.07, 6.45) is 0. The monoisotopic (exact) mass is 207 g/mol. The minimum absolute atomic E-state index is 0.656. The van der Waals surface area contributed by atoms with Crippen molar-refractivity contribution in [2.45, 2.75) is 19.4 Å². The van der Waals surface area contributed by atoms with Gasteiger partial charge >= 0.3 is 0 Å². The van der Waals surface area contributed by atoms with Crippen molar-refractivity contribution < 1.29 is 5.11 Å². The molecule has 0 aliphatic heterocycles. The fourth-order valence-corrected chi connectivity index (χ4v) is 2.37. The number of nitrogens with two attached hydrogens (primary N) is 1. The first-order valence-corrected chi connectivity index (χ1v) is 5.36. The van der Waals surface area contributed by atoms with Crippen molar-refractivity contribution in [3.8, 4) is 0 Å². The lowest BCUT2D eigenvalue weighted by Gasteiger charge is -2.19. The van der Waals surface area contributed by atoms with E-state index < -0.39 is 5.60 Å². The number of aliphatic hydroxyl groups is 1.